The number of nitrogens with two attached hydrogens (primary N) is 1. The van der Waals surface area contributed by atoms with Gasteiger partial charge in [-0.1, -0.05) is 20.8 Å². The quantitative estimate of drug-likeness (QED) is 0.776. The minimum absolute atomic E-state index is 0.0813. The lowest BCUT2D eigenvalue weighted by molar-refractivity contribution is 0.269. The molecular weight excluding hydrogens is 224 g/mol. The molecule has 0 bridgehead atoms. The highest BCUT2D eigenvalue weighted by atomic mass is 32.2. The van der Waals surface area contributed by atoms with Gasteiger partial charge < -0.3 is 5.73 Å². The second-order valence-electron chi connectivity index (χ2n) is 6.31. The van der Waals surface area contributed by atoms with E-state index in [-0.39, 0.29) is 12.0 Å². The van der Waals surface area contributed by atoms with E-state index in [9.17, 15) is 8.42 Å². The molecule has 0 aromatic heterocycles. The summed E-state index contributed by atoms with van der Waals surface area (Å²) in [6.07, 6.45) is 0.774. The molecule has 3 N–H and O–H groups in total. The molecule has 98 valence electrons. The Balaban J connectivity index is 4.72. The van der Waals surface area contributed by atoms with E-state index >= 15 is 0 Å². The monoisotopic (exact) mass is 250 g/mol. The number of hydrogen-bond acceptors (Lipinski definition) is 3. The van der Waals surface area contributed by atoms with Crippen molar-refractivity contribution in [2.75, 3.05) is 6.54 Å². The fraction of sp³-hybridized carbons (Fsp3) is 1.00. The van der Waals surface area contributed by atoms with Gasteiger partial charge in [0.1, 0.15) is 0 Å². The van der Waals surface area contributed by atoms with Crippen molar-refractivity contribution in [2.24, 2.45) is 11.1 Å². The Hall–Kier alpha value is -0.130. The van der Waals surface area contributed by atoms with Gasteiger partial charge in [-0.25, -0.2) is 13.1 Å². The van der Waals surface area contributed by atoms with Crippen molar-refractivity contribution in [1.29, 1.82) is 0 Å². The summed E-state index contributed by atoms with van der Waals surface area (Å²) < 4.78 is 26.5. The first-order chi connectivity index (χ1) is 6.90. The fourth-order valence-electron chi connectivity index (χ4n) is 1.97. The zero-order valence-corrected chi connectivity index (χ0v) is 12.1. The van der Waals surface area contributed by atoms with Crippen LogP contribution in [0, 0.1) is 5.41 Å². The highest BCUT2D eigenvalue weighted by Gasteiger charge is 2.31. The molecule has 0 aliphatic carbocycles. The average molecular weight is 250 g/mol. The molecule has 0 aliphatic rings. The van der Waals surface area contributed by atoms with Crippen molar-refractivity contribution in [1.82, 2.24) is 4.72 Å². The van der Waals surface area contributed by atoms with Crippen LogP contribution in [0.4, 0.5) is 0 Å². The van der Waals surface area contributed by atoms with Gasteiger partial charge in [-0.2, -0.15) is 0 Å². The summed E-state index contributed by atoms with van der Waals surface area (Å²) in [5.74, 6) is 0. The molecule has 0 heterocycles. The minimum atomic E-state index is -3.32. The molecule has 0 rings (SSSR count). The van der Waals surface area contributed by atoms with Gasteiger partial charge in [-0.15, -0.1) is 0 Å². The Labute approximate surface area is 100 Å². The van der Waals surface area contributed by atoms with Crippen molar-refractivity contribution in [3.8, 4) is 0 Å². The second kappa shape index (κ2) is 5.02. The Kier molecular flexibility index (Phi) is 4.98. The Morgan fingerprint density at radius 2 is 1.62 bits per heavy atom. The summed E-state index contributed by atoms with van der Waals surface area (Å²) in [5.41, 5.74) is 5.02. The largest absolute Gasteiger partial charge is 0.329 e. The van der Waals surface area contributed by atoms with Gasteiger partial charge in [0.2, 0.25) is 10.0 Å². The van der Waals surface area contributed by atoms with Crippen LogP contribution < -0.4 is 10.5 Å². The molecule has 16 heavy (non-hydrogen) atoms. The summed E-state index contributed by atoms with van der Waals surface area (Å²) in [6, 6.07) is 0. The van der Waals surface area contributed by atoms with Crippen LogP contribution in [0.25, 0.3) is 0 Å². The lowest BCUT2D eigenvalue weighted by Crippen LogP contribution is -2.49. The topological polar surface area (TPSA) is 72.2 Å². The lowest BCUT2D eigenvalue weighted by Gasteiger charge is -2.33. The molecule has 0 saturated carbocycles. The van der Waals surface area contributed by atoms with Crippen LogP contribution in [0.3, 0.4) is 0 Å². The number of rotatable bonds is 5. The van der Waals surface area contributed by atoms with Crippen LogP contribution >= 0.6 is 0 Å². The first-order valence-electron chi connectivity index (χ1n) is 5.62. The van der Waals surface area contributed by atoms with Crippen LogP contribution in [0.5, 0.6) is 0 Å². The molecule has 4 nitrogen and oxygen atoms in total. The van der Waals surface area contributed by atoms with Gasteiger partial charge >= 0.3 is 0 Å². The summed E-state index contributed by atoms with van der Waals surface area (Å²) in [5, 5.41) is -0.549. The number of hydrogen-bond donors (Lipinski definition) is 2. The van der Waals surface area contributed by atoms with Crippen LogP contribution in [0.2, 0.25) is 0 Å². The summed E-state index contributed by atoms with van der Waals surface area (Å²) in [7, 11) is -3.32. The average Bonchev–Trinajstić information content (AvgIpc) is 1.95. The van der Waals surface area contributed by atoms with Crippen LogP contribution in [-0.4, -0.2) is 25.8 Å². The summed E-state index contributed by atoms with van der Waals surface area (Å²) in [4.78, 5) is 0. The van der Waals surface area contributed by atoms with E-state index in [1.807, 2.05) is 13.8 Å². The first-order valence-corrected chi connectivity index (χ1v) is 7.17. The molecule has 1 unspecified atom stereocenters. The van der Waals surface area contributed by atoms with E-state index in [2.05, 4.69) is 25.5 Å². The van der Waals surface area contributed by atoms with Crippen molar-refractivity contribution >= 4 is 10.0 Å². The molecule has 0 amide bonds. The van der Waals surface area contributed by atoms with E-state index < -0.39 is 20.8 Å². The third-order valence-electron chi connectivity index (χ3n) is 2.25. The van der Waals surface area contributed by atoms with E-state index in [0.29, 0.717) is 0 Å². The van der Waals surface area contributed by atoms with Gasteiger partial charge in [0.05, 0.1) is 5.25 Å². The molecule has 0 aromatic carbocycles. The van der Waals surface area contributed by atoms with Crippen LogP contribution in [0.1, 0.15) is 48.0 Å². The van der Waals surface area contributed by atoms with E-state index in [1.165, 1.54) is 0 Å². The fourth-order valence-corrected chi connectivity index (χ4v) is 3.27. The maximum Gasteiger partial charge on any atom is 0.215 e. The minimum Gasteiger partial charge on any atom is -0.329 e. The van der Waals surface area contributed by atoms with E-state index in [1.54, 1.807) is 6.92 Å². The maximum atomic E-state index is 11.9. The van der Waals surface area contributed by atoms with E-state index in [4.69, 9.17) is 5.73 Å². The normalized spacial score (nSPS) is 16.2. The molecular formula is C11H26N2O2S. The highest BCUT2D eigenvalue weighted by Crippen LogP contribution is 2.27. The standard InChI is InChI=1S/C11H26N2O2S/c1-9(7-12)16(14,15)13-11(5,6)8-10(2,3)4/h9,13H,7-8,12H2,1-6H3. The molecule has 0 spiro atoms. The highest BCUT2D eigenvalue weighted by molar-refractivity contribution is 7.90. The molecule has 5 heteroatoms. The number of nitrogens with one attached hydrogen (secondary N) is 1. The van der Waals surface area contributed by atoms with Crippen LogP contribution in [-0.2, 0) is 10.0 Å². The van der Waals surface area contributed by atoms with Crippen molar-refractivity contribution < 1.29 is 8.42 Å². The van der Waals surface area contributed by atoms with Crippen molar-refractivity contribution in [3.63, 3.8) is 0 Å². The van der Waals surface area contributed by atoms with Crippen molar-refractivity contribution in [2.45, 2.75) is 58.8 Å². The SMILES string of the molecule is CC(CN)S(=O)(=O)NC(C)(C)CC(C)(C)C. The molecule has 1 atom stereocenters. The molecule has 0 radical (unpaired) electrons. The molecule has 0 saturated heterocycles. The Morgan fingerprint density at radius 3 is 1.94 bits per heavy atom. The second-order valence-corrected chi connectivity index (χ2v) is 8.41. The predicted molar refractivity (Wildman–Crippen MR) is 68.7 cm³/mol. The van der Waals surface area contributed by atoms with Gasteiger partial charge in [-0.05, 0) is 32.6 Å². The summed E-state index contributed by atoms with van der Waals surface area (Å²) in [6.45, 7) is 11.8. The zero-order chi connectivity index (χ0) is 13.2. The third kappa shape index (κ3) is 5.82. The van der Waals surface area contributed by atoms with Crippen LogP contribution in [0.15, 0.2) is 0 Å². The maximum absolute atomic E-state index is 11.9. The first kappa shape index (κ1) is 15.9. The van der Waals surface area contributed by atoms with Gasteiger partial charge in [0, 0.05) is 12.1 Å². The summed E-state index contributed by atoms with van der Waals surface area (Å²) >= 11 is 0. The van der Waals surface area contributed by atoms with E-state index in [0.717, 1.165) is 6.42 Å². The Bertz CT molecular complexity index is 315. The van der Waals surface area contributed by atoms with Gasteiger partial charge in [0.25, 0.3) is 0 Å². The van der Waals surface area contributed by atoms with Gasteiger partial charge in [0.15, 0.2) is 0 Å². The van der Waals surface area contributed by atoms with Crippen molar-refractivity contribution in [3.05, 3.63) is 0 Å². The third-order valence-corrected chi connectivity index (χ3v) is 4.34. The molecule has 0 aliphatic heterocycles. The molecule has 0 aromatic rings. The smallest absolute Gasteiger partial charge is 0.215 e. The van der Waals surface area contributed by atoms with Gasteiger partial charge in [-0.3, -0.25) is 0 Å². The number of sulfonamides is 1. The lowest BCUT2D eigenvalue weighted by atomic mass is 9.82. The Morgan fingerprint density at radius 1 is 1.19 bits per heavy atom. The molecule has 0 fully saturated rings. The zero-order valence-electron chi connectivity index (χ0n) is 11.3. The predicted octanol–water partition coefficient (Wildman–Crippen LogP) is 1.47.